The lowest BCUT2D eigenvalue weighted by molar-refractivity contribution is -0.153. The standard InChI is InChI=1S/C29H30N2O8/c1-4-39-15-7-5-13(6-8-15)16-9-10-19(32)21-17(16)11-14-12-18-23(31(2)3)25(34)22(28(30)37)27(36)29(18,38)26(35)20(14)24(21)33/h5-10,14,18,23,32-33,36,38H,4,11-12H2,1-3H3,(H2,30,37)/t14-,18+,23-,29+/m0/s1. The molecule has 6 N–H and O–H groups in total. The van der Waals surface area contributed by atoms with Crippen LogP contribution in [0.2, 0.25) is 0 Å². The maximum Gasteiger partial charge on any atom is 0.255 e. The molecule has 2 aromatic carbocycles. The molecule has 39 heavy (non-hydrogen) atoms. The van der Waals surface area contributed by atoms with Crippen LogP contribution in [-0.2, 0) is 20.8 Å². The van der Waals surface area contributed by atoms with Crippen molar-refractivity contribution in [2.45, 2.75) is 31.4 Å². The number of phenolic OH excluding ortho intramolecular Hbond substituents is 1. The number of hydrogen-bond donors (Lipinski definition) is 5. The highest BCUT2D eigenvalue weighted by Gasteiger charge is 2.64. The van der Waals surface area contributed by atoms with Gasteiger partial charge in [0, 0.05) is 11.5 Å². The Morgan fingerprint density at radius 2 is 1.77 bits per heavy atom. The topological polar surface area (TPSA) is 171 Å². The predicted octanol–water partition coefficient (Wildman–Crippen LogP) is 2.03. The zero-order valence-corrected chi connectivity index (χ0v) is 21.8. The quantitative estimate of drug-likeness (QED) is 0.360. The van der Waals surface area contributed by atoms with Crippen molar-refractivity contribution in [1.82, 2.24) is 4.90 Å². The first-order chi connectivity index (χ1) is 18.4. The molecule has 10 nitrogen and oxygen atoms in total. The molecule has 1 amide bonds. The zero-order chi connectivity index (χ0) is 28.4. The summed E-state index contributed by atoms with van der Waals surface area (Å²) in [6, 6.07) is 9.35. The Labute approximate surface area is 224 Å². The number of carbonyl (C=O) groups excluding carboxylic acids is 3. The van der Waals surface area contributed by atoms with Gasteiger partial charge in [-0.2, -0.15) is 0 Å². The van der Waals surface area contributed by atoms with E-state index in [1.807, 2.05) is 31.2 Å². The number of rotatable bonds is 5. The van der Waals surface area contributed by atoms with Crippen molar-refractivity contribution in [3.05, 3.63) is 64.4 Å². The third-order valence-corrected chi connectivity index (χ3v) is 8.08. The van der Waals surface area contributed by atoms with Crippen LogP contribution in [0, 0.1) is 11.8 Å². The number of ketones is 2. The number of hydrogen-bond acceptors (Lipinski definition) is 9. The minimum atomic E-state index is -2.66. The molecule has 0 radical (unpaired) electrons. The van der Waals surface area contributed by atoms with Crippen molar-refractivity contribution in [2.75, 3.05) is 20.7 Å². The van der Waals surface area contributed by atoms with E-state index in [1.165, 1.54) is 11.0 Å². The summed E-state index contributed by atoms with van der Waals surface area (Å²) in [6.07, 6.45) is 0.246. The third-order valence-electron chi connectivity index (χ3n) is 8.08. The first-order valence-electron chi connectivity index (χ1n) is 12.7. The number of ether oxygens (including phenoxy) is 1. The third kappa shape index (κ3) is 3.74. The van der Waals surface area contributed by atoms with Crippen molar-refractivity contribution in [1.29, 1.82) is 0 Å². The van der Waals surface area contributed by atoms with Crippen molar-refractivity contribution >= 4 is 23.2 Å². The van der Waals surface area contributed by atoms with Gasteiger partial charge in [-0.1, -0.05) is 18.2 Å². The van der Waals surface area contributed by atoms with Gasteiger partial charge >= 0.3 is 0 Å². The summed E-state index contributed by atoms with van der Waals surface area (Å²) in [6.45, 7) is 2.40. The fourth-order valence-corrected chi connectivity index (χ4v) is 6.41. The fraction of sp³-hybridized carbons (Fsp3) is 0.345. The number of aromatic hydroxyl groups is 1. The molecule has 204 valence electrons. The van der Waals surface area contributed by atoms with Gasteiger partial charge in [-0.3, -0.25) is 19.3 Å². The van der Waals surface area contributed by atoms with E-state index in [2.05, 4.69) is 0 Å². The van der Waals surface area contributed by atoms with Crippen molar-refractivity contribution in [3.63, 3.8) is 0 Å². The molecule has 0 unspecified atom stereocenters. The molecule has 0 spiro atoms. The van der Waals surface area contributed by atoms with Crippen LogP contribution in [0.4, 0.5) is 0 Å². The van der Waals surface area contributed by atoms with E-state index in [1.54, 1.807) is 20.2 Å². The molecular formula is C29H30N2O8. The van der Waals surface area contributed by atoms with E-state index in [9.17, 15) is 34.8 Å². The molecule has 5 rings (SSSR count). The van der Waals surface area contributed by atoms with E-state index in [0.29, 0.717) is 17.9 Å². The van der Waals surface area contributed by atoms with Gasteiger partial charge in [0.25, 0.3) is 5.91 Å². The highest BCUT2D eigenvalue weighted by molar-refractivity contribution is 6.24. The number of nitrogens with two attached hydrogens (primary N) is 1. The fourth-order valence-electron chi connectivity index (χ4n) is 6.41. The Morgan fingerprint density at radius 3 is 2.36 bits per heavy atom. The van der Waals surface area contributed by atoms with Gasteiger partial charge in [0.05, 0.1) is 18.2 Å². The number of carbonyl (C=O) groups is 3. The molecule has 4 atom stereocenters. The summed E-state index contributed by atoms with van der Waals surface area (Å²) in [4.78, 5) is 40.7. The van der Waals surface area contributed by atoms with Crippen LogP contribution in [0.5, 0.6) is 11.5 Å². The van der Waals surface area contributed by atoms with Crippen LogP contribution in [0.3, 0.4) is 0 Å². The summed E-state index contributed by atoms with van der Waals surface area (Å²) in [5.74, 6) is -6.04. The van der Waals surface area contributed by atoms with Gasteiger partial charge in [-0.25, -0.2) is 0 Å². The average molecular weight is 535 g/mol. The van der Waals surface area contributed by atoms with Gasteiger partial charge in [-0.15, -0.1) is 0 Å². The Bertz CT molecular complexity index is 1470. The van der Waals surface area contributed by atoms with Crippen LogP contribution in [-0.4, -0.2) is 75.1 Å². The van der Waals surface area contributed by atoms with E-state index < -0.39 is 58.0 Å². The lowest BCUT2D eigenvalue weighted by atomic mass is 9.57. The molecule has 0 saturated heterocycles. The monoisotopic (exact) mass is 534 g/mol. The summed E-state index contributed by atoms with van der Waals surface area (Å²) in [5, 5.41) is 44.7. The van der Waals surface area contributed by atoms with Crippen LogP contribution in [0.25, 0.3) is 16.9 Å². The summed E-state index contributed by atoms with van der Waals surface area (Å²) < 4.78 is 5.52. The number of nitrogens with zero attached hydrogens (tertiary/aromatic N) is 1. The molecule has 0 aromatic heterocycles. The minimum Gasteiger partial charge on any atom is -0.508 e. The zero-order valence-electron chi connectivity index (χ0n) is 21.8. The maximum atomic E-state index is 13.9. The molecule has 1 fully saturated rings. The van der Waals surface area contributed by atoms with Crippen molar-refractivity contribution < 1.29 is 39.5 Å². The SMILES string of the molecule is CCOc1ccc(-c2ccc(O)c3c2C[C@H]2C[C@@H]4[C@H](N(C)C)C(=O)C(C(N)=O)=C(O)[C@]4(O)C(=O)C2=C3O)cc1. The number of Topliss-reactive ketones (excluding diaryl/α,β-unsaturated/α-hetero) is 2. The minimum absolute atomic E-state index is 0.0319. The van der Waals surface area contributed by atoms with Crippen LogP contribution in [0.1, 0.15) is 24.5 Å². The van der Waals surface area contributed by atoms with E-state index in [0.717, 1.165) is 11.1 Å². The van der Waals surface area contributed by atoms with Crippen LogP contribution >= 0.6 is 0 Å². The number of benzene rings is 2. The van der Waals surface area contributed by atoms with Crippen molar-refractivity contribution in [3.8, 4) is 22.6 Å². The van der Waals surface area contributed by atoms with Gasteiger partial charge in [0.15, 0.2) is 11.4 Å². The van der Waals surface area contributed by atoms with Gasteiger partial charge in [-0.05, 0) is 74.7 Å². The lowest BCUT2D eigenvalue weighted by Crippen LogP contribution is -2.65. The first-order valence-corrected chi connectivity index (χ1v) is 12.7. The van der Waals surface area contributed by atoms with Crippen LogP contribution in [0.15, 0.2) is 53.3 Å². The Hall–Kier alpha value is -4.15. The number of likely N-dealkylation sites (N-methyl/N-ethyl adjacent to an activating group) is 1. The molecule has 2 aromatic rings. The second kappa shape index (κ2) is 9.25. The Balaban J connectivity index is 1.69. The van der Waals surface area contributed by atoms with Gasteiger partial charge in [0.1, 0.15) is 28.6 Å². The summed E-state index contributed by atoms with van der Waals surface area (Å²) >= 11 is 0. The molecule has 3 aliphatic rings. The predicted molar refractivity (Wildman–Crippen MR) is 141 cm³/mol. The second-order valence-electron chi connectivity index (χ2n) is 10.4. The summed E-state index contributed by atoms with van der Waals surface area (Å²) in [7, 11) is 3.13. The van der Waals surface area contributed by atoms with E-state index in [-0.39, 0.29) is 29.7 Å². The normalized spacial score (nSPS) is 26.3. The molecule has 0 heterocycles. The molecule has 0 aliphatic heterocycles. The number of phenols is 1. The molecule has 3 aliphatic carbocycles. The molecule has 10 heteroatoms. The second-order valence-corrected chi connectivity index (χ2v) is 10.4. The number of aliphatic hydroxyl groups excluding tert-OH is 2. The number of amides is 1. The highest BCUT2D eigenvalue weighted by atomic mass is 16.5. The molecular weight excluding hydrogens is 504 g/mol. The Kier molecular flexibility index (Phi) is 6.27. The average Bonchev–Trinajstić information content (AvgIpc) is 2.87. The molecule has 1 saturated carbocycles. The number of fused-ring (bicyclic) bond motifs is 3. The van der Waals surface area contributed by atoms with E-state index >= 15 is 0 Å². The first kappa shape index (κ1) is 26.5. The lowest BCUT2D eigenvalue weighted by Gasteiger charge is -2.50. The number of primary amides is 1. The summed E-state index contributed by atoms with van der Waals surface area (Å²) in [5.41, 5.74) is 3.87. The van der Waals surface area contributed by atoms with Crippen molar-refractivity contribution in [2.24, 2.45) is 17.6 Å². The molecule has 0 bridgehead atoms. The highest BCUT2D eigenvalue weighted by Crippen LogP contribution is 2.53. The van der Waals surface area contributed by atoms with E-state index in [4.69, 9.17) is 10.5 Å². The Morgan fingerprint density at radius 1 is 1.10 bits per heavy atom. The van der Waals surface area contributed by atoms with Gasteiger partial charge < -0.3 is 30.9 Å². The number of aliphatic hydroxyl groups is 3. The van der Waals surface area contributed by atoms with Gasteiger partial charge in [0.2, 0.25) is 5.78 Å². The largest absolute Gasteiger partial charge is 0.508 e. The maximum absolute atomic E-state index is 13.9. The van der Waals surface area contributed by atoms with Crippen LogP contribution < -0.4 is 10.5 Å². The smallest absolute Gasteiger partial charge is 0.255 e.